The first-order valence-corrected chi connectivity index (χ1v) is 6.10. The minimum absolute atomic E-state index is 0.333. The number of benzene rings is 1. The lowest BCUT2D eigenvalue weighted by Crippen LogP contribution is -2.37. The minimum atomic E-state index is -3.98. The van der Waals surface area contributed by atoms with Crippen molar-refractivity contribution in [2.45, 2.75) is 24.8 Å². The molecule has 1 aromatic carbocycles. The Morgan fingerprint density at radius 2 is 1.94 bits per heavy atom. The lowest BCUT2D eigenvalue weighted by molar-refractivity contribution is -0.118. The second-order valence-corrected chi connectivity index (χ2v) is 5.07. The monoisotopic (exact) mass is 245 g/mol. The molecule has 16 heavy (non-hydrogen) atoms. The van der Waals surface area contributed by atoms with Crippen LogP contribution in [0.15, 0.2) is 29.2 Å². The van der Waals surface area contributed by atoms with Crippen molar-refractivity contribution >= 4 is 15.8 Å². The van der Waals surface area contributed by atoms with Crippen LogP contribution in [-0.2, 0) is 14.8 Å². The summed E-state index contributed by atoms with van der Waals surface area (Å²) in [7, 11) is -3.98. The third-order valence-electron chi connectivity index (χ3n) is 2.07. The predicted molar refractivity (Wildman–Crippen MR) is 56.9 cm³/mol. The van der Waals surface area contributed by atoms with E-state index in [-0.39, 0.29) is 5.78 Å². The van der Waals surface area contributed by atoms with Gasteiger partial charge < -0.3 is 0 Å². The highest BCUT2D eigenvalue weighted by Gasteiger charge is 2.22. The van der Waals surface area contributed by atoms with Gasteiger partial charge in [0.05, 0.1) is 6.04 Å². The Labute approximate surface area is 93.5 Å². The summed E-state index contributed by atoms with van der Waals surface area (Å²) in [5.41, 5.74) is 0. The van der Waals surface area contributed by atoms with Crippen molar-refractivity contribution in [2.24, 2.45) is 0 Å². The quantitative estimate of drug-likeness (QED) is 0.863. The average molecular weight is 245 g/mol. The number of Topliss-reactive ketones (excluding diaryl/α,β-unsaturated/α-hetero) is 1. The molecule has 0 bridgehead atoms. The second-order valence-electron chi connectivity index (χ2n) is 3.38. The van der Waals surface area contributed by atoms with Gasteiger partial charge in [0.1, 0.15) is 16.5 Å². The lowest BCUT2D eigenvalue weighted by Gasteiger charge is -2.11. The van der Waals surface area contributed by atoms with Crippen molar-refractivity contribution in [2.75, 3.05) is 0 Å². The van der Waals surface area contributed by atoms with Crippen molar-refractivity contribution < 1.29 is 17.6 Å². The van der Waals surface area contributed by atoms with Crippen LogP contribution in [0.25, 0.3) is 0 Å². The zero-order valence-electron chi connectivity index (χ0n) is 8.90. The minimum Gasteiger partial charge on any atom is -0.298 e. The summed E-state index contributed by atoms with van der Waals surface area (Å²) in [6, 6.07) is 4.13. The number of hydrogen-bond donors (Lipinski definition) is 1. The molecule has 0 aliphatic rings. The van der Waals surface area contributed by atoms with Gasteiger partial charge in [0, 0.05) is 0 Å². The number of ketones is 1. The van der Waals surface area contributed by atoms with Crippen molar-refractivity contribution in [3.8, 4) is 0 Å². The fraction of sp³-hybridized carbons (Fsp3) is 0.300. The Morgan fingerprint density at radius 3 is 2.44 bits per heavy atom. The summed E-state index contributed by atoms with van der Waals surface area (Å²) in [6.45, 7) is 2.66. The SMILES string of the molecule is CC(=O)C(C)NS(=O)(=O)c1ccccc1F. The first kappa shape index (κ1) is 12.8. The molecule has 0 aliphatic carbocycles. The summed E-state index contributed by atoms with van der Waals surface area (Å²) in [6.07, 6.45) is 0. The second kappa shape index (κ2) is 4.71. The van der Waals surface area contributed by atoms with Crippen LogP contribution in [0, 0.1) is 5.82 Å². The molecule has 0 fully saturated rings. The van der Waals surface area contributed by atoms with Gasteiger partial charge in [-0.15, -0.1) is 0 Å². The highest BCUT2D eigenvalue weighted by Crippen LogP contribution is 2.13. The first-order valence-electron chi connectivity index (χ1n) is 4.62. The van der Waals surface area contributed by atoms with Gasteiger partial charge in [-0.1, -0.05) is 12.1 Å². The van der Waals surface area contributed by atoms with E-state index in [9.17, 15) is 17.6 Å². The molecule has 1 rings (SSSR count). The van der Waals surface area contributed by atoms with Crippen LogP contribution in [0.1, 0.15) is 13.8 Å². The molecule has 0 heterocycles. The number of carbonyl (C=O) groups is 1. The van der Waals surface area contributed by atoms with Crippen molar-refractivity contribution in [3.63, 3.8) is 0 Å². The fourth-order valence-corrected chi connectivity index (χ4v) is 2.38. The fourth-order valence-electron chi connectivity index (χ4n) is 1.04. The van der Waals surface area contributed by atoms with E-state index in [0.29, 0.717) is 0 Å². The molecular formula is C10H12FNO3S. The van der Waals surface area contributed by atoms with Gasteiger partial charge in [-0.05, 0) is 26.0 Å². The van der Waals surface area contributed by atoms with Crippen molar-refractivity contribution in [1.29, 1.82) is 0 Å². The van der Waals surface area contributed by atoms with Crippen molar-refractivity contribution in [3.05, 3.63) is 30.1 Å². The number of sulfonamides is 1. The molecule has 0 radical (unpaired) electrons. The summed E-state index contributed by atoms with van der Waals surface area (Å²) >= 11 is 0. The Hall–Kier alpha value is -1.27. The average Bonchev–Trinajstić information content (AvgIpc) is 2.17. The van der Waals surface area contributed by atoms with Crippen LogP contribution < -0.4 is 4.72 Å². The molecule has 6 heteroatoms. The lowest BCUT2D eigenvalue weighted by atomic mass is 10.3. The Bertz CT molecular complexity index is 499. The molecule has 1 aromatic rings. The van der Waals surface area contributed by atoms with Gasteiger partial charge in [0.15, 0.2) is 0 Å². The van der Waals surface area contributed by atoms with Crippen LogP contribution in [0.5, 0.6) is 0 Å². The van der Waals surface area contributed by atoms with E-state index in [1.165, 1.54) is 26.0 Å². The molecule has 0 aromatic heterocycles. The van der Waals surface area contributed by atoms with Crippen LogP contribution >= 0.6 is 0 Å². The largest absolute Gasteiger partial charge is 0.298 e. The third-order valence-corrected chi connectivity index (χ3v) is 3.64. The molecule has 0 amide bonds. The normalized spacial score (nSPS) is 13.4. The van der Waals surface area contributed by atoms with Crippen LogP contribution in [0.2, 0.25) is 0 Å². The van der Waals surface area contributed by atoms with E-state index in [4.69, 9.17) is 0 Å². The predicted octanol–water partition coefficient (Wildman–Crippen LogP) is 1.08. The number of nitrogens with one attached hydrogen (secondary N) is 1. The van der Waals surface area contributed by atoms with Gasteiger partial charge in [0.2, 0.25) is 10.0 Å². The highest BCUT2D eigenvalue weighted by atomic mass is 32.2. The zero-order valence-corrected chi connectivity index (χ0v) is 9.71. The summed E-state index contributed by atoms with van der Waals surface area (Å²) < 4.78 is 38.7. The van der Waals surface area contributed by atoms with E-state index in [1.54, 1.807) is 0 Å². The van der Waals surface area contributed by atoms with Crippen LogP contribution in [0.3, 0.4) is 0 Å². The number of carbonyl (C=O) groups excluding carboxylic acids is 1. The third kappa shape index (κ3) is 2.86. The summed E-state index contributed by atoms with van der Waals surface area (Å²) in [4.78, 5) is 10.5. The molecular weight excluding hydrogens is 233 g/mol. The molecule has 0 saturated carbocycles. The zero-order chi connectivity index (χ0) is 12.3. The maximum atomic E-state index is 13.2. The van der Waals surface area contributed by atoms with E-state index in [1.807, 2.05) is 0 Å². The number of hydrogen-bond acceptors (Lipinski definition) is 3. The molecule has 1 N–H and O–H groups in total. The molecule has 0 spiro atoms. The first-order chi connectivity index (χ1) is 7.34. The molecule has 0 saturated heterocycles. The maximum Gasteiger partial charge on any atom is 0.244 e. The highest BCUT2D eigenvalue weighted by molar-refractivity contribution is 7.89. The van der Waals surface area contributed by atoms with Gasteiger partial charge >= 0.3 is 0 Å². The summed E-state index contributed by atoms with van der Waals surface area (Å²) in [5.74, 6) is -1.18. The van der Waals surface area contributed by atoms with Crippen molar-refractivity contribution in [1.82, 2.24) is 4.72 Å². The van der Waals surface area contributed by atoms with Crippen LogP contribution in [-0.4, -0.2) is 20.2 Å². The summed E-state index contributed by atoms with van der Waals surface area (Å²) in [5, 5.41) is 0. The molecule has 88 valence electrons. The standard InChI is InChI=1S/C10H12FNO3S/c1-7(8(2)13)12-16(14,15)10-6-4-3-5-9(10)11/h3-7,12H,1-2H3. The number of halogens is 1. The molecule has 0 aliphatic heterocycles. The Morgan fingerprint density at radius 1 is 1.38 bits per heavy atom. The maximum absolute atomic E-state index is 13.2. The van der Waals surface area contributed by atoms with E-state index in [0.717, 1.165) is 12.1 Å². The topological polar surface area (TPSA) is 63.2 Å². The Kier molecular flexibility index (Phi) is 3.77. The van der Waals surface area contributed by atoms with Gasteiger partial charge in [-0.3, -0.25) is 4.79 Å². The molecule has 1 unspecified atom stereocenters. The smallest absolute Gasteiger partial charge is 0.244 e. The van der Waals surface area contributed by atoms with Gasteiger partial charge in [-0.2, -0.15) is 0 Å². The molecule has 4 nitrogen and oxygen atoms in total. The van der Waals surface area contributed by atoms with Crippen LogP contribution in [0.4, 0.5) is 4.39 Å². The van der Waals surface area contributed by atoms with E-state index in [2.05, 4.69) is 4.72 Å². The van der Waals surface area contributed by atoms with Gasteiger partial charge in [0.25, 0.3) is 0 Å². The van der Waals surface area contributed by atoms with Gasteiger partial charge in [-0.25, -0.2) is 17.5 Å². The molecule has 1 atom stereocenters. The Balaban J connectivity index is 3.04. The van der Waals surface area contributed by atoms with E-state index < -0.39 is 26.8 Å². The number of rotatable bonds is 4. The van der Waals surface area contributed by atoms with E-state index >= 15 is 0 Å².